The number of aryl methyl sites for hydroxylation is 1. The fourth-order valence-corrected chi connectivity index (χ4v) is 2.23. The number of ether oxygens (including phenoxy) is 1. The maximum absolute atomic E-state index is 12.4. The van der Waals surface area contributed by atoms with E-state index in [0.717, 1.165) is 0 Å². The van der Waals surface area contributed by atoms with E-state index in [0.29, 0.717) is 18.4 Å². The van der Waals surface area contributed by atoms with Crippen LogP contribution in [0.2, 0.25) is 0 Å². The third-order valence-corrected chi connectivity index (χ3v) is 3.45. The van der Waals surface area contributed by atoms with Crippen LogP contribution in [0.15, 0.2) is 18.2 Å². The van der Waals surface area contributed by atoms with E-state index in [-0.39, 0.29) is 11.3 Å². The lowest BCUT2D eigenvalue weighted by Gasteiger charge is -2.27. The molecule has 0 aromatic heterocycles. The molecule has 0 saturated heterocycles. The minimum Gasteiger partial charge on any atom is -0.467 e. The van der Waals surface area contributed by atoms with Gasteiger partial charge in [-0.3, -0.25) is 14.9 Å². The lowest BCUT2D eigenvalue weighted by atomic mass is 9.95. The largest absolute Gasteiger partial charge is 0.467 e. The van der Waals surface area contributed by atoms with Gasteiger partial charge in [0.2, 0.25) is 0 Å². The van der Waals surface area contributed by atoms with Gasteiger partial charge in [0.05, 0.1) is 12.0 Å². The number of rotatable bonds is 6. The Kier molecular flexibility index (Phi) is 5.62. The molecule has 1 aromatic carbocycles. The fraction of sp³-hybridized carbons (Fsp3) is 0.467. The van der Waals surface area contributed by atoms with Gasteiger partial charge in [-0.2, -0.15) is 0 Å². The van der Waals surface area contributed by atoms with Crippen molar-refractivity contribution in [1.82, 2.24) is 5.32 Å². The number of esters is 1. The minimum absolute atomic E-state index is 0.167. The summed E-state index contributed by atoms with van der Waals surface area (Å²) in [5.41, 5.74) is -0.587. The fourth-order valence-electron chi connectivity index (χ4n) is 2.23. The number of methoxy groups -OCH3 is 1. The van der Waals surface area contributed by atoms with E-state index in [9.17, 15) is 19.7 Å². The van der Waals surface area contributed by atoms with Gasteiger partial charge in [-0.15, -0.1) is 0 Å². The quantitative estimate of drug-likeness (QED) is 0.494. The molecule has 7 heteroatoms. The zero-order chi connectivity index (χ0) is 16.9. The SMILES string of the molecule is CCCC(C)(NC(=O)c1cc([N+](=O)[O-])ccc1C)C(=O)OC. The predicted octanol–water partition coefficient (Wildman–Crippen LogP) is 2.36. The molecule has 120 valence electrons. The normalized spacial score (nSPS) is 13.1. The summed E-state index contributed by atoms with van der Waals surface area (Å²) < 4.78 is 4.73. The van der Waals surface area contributed by atoms with Gasteiger partial charge in [0.25, 0.3) is 11.6 Å². The predicted molar refractivity (Wildman–Crippen MR) is 80.6 cm³/mol. The van der Waals surface area contributed by atoms with Crippen LogP contribution < -0.4 is 5.32 Å². The molecule has 0 radical (unpaired) electrons. The highest BCUT2D eigenvalue weighted by molar-refractivity contribution is 5.99. The number of carbonyl (C=O) groups is 2. The zero-order valence-corrected chi connectivity index (χ0v) is 13.1. The van der Waals surface area contributed by atoms with Crippen molar-refractivity contribution in [2.24, 2.45) is 0 Å². The molecular weight excluding hydrogens is 288 g/mol. The van der Waals surface area contributed by atoms with Crippen LogP contribution in [0.3, 0.4) is 0 Å². The standard InChI is InChI=1S/C15H20N2O5/c1-5-8-15(3,14(19)22-4)16-13(18)12-9-11(17(20)21)7-6-10(12)2/h6-7,9H,5,8H2,1-4H3,(H,16,18). The highest BCUT2D eigenvalue weighted by Crippen LogP contribution is 2.20. The van der Waals surface area contributed by atoms with Crippen molar-refractivity contribution in [3.05, 3.63) is 39.4 Å². The summed E-state index contributed by atoms with van der Waals surface area (Å²) >= 11 is 0. The van der Waals surface area contributed by atoms with Crippen LogP contribution >= 0.6 is 0 Å². The Morgan fingerprint density at radius 2 is 2.05 bits per heavy atom. The summed E-state index contributed by atoms with van der Waals surface area (Å²) in [5.74, 6) is -1.09. The number of nitrogens with one attached hydrogen (secondary N) is 1. The smallest absolute Gasteiger partial charge is 0.331 e. The van der Waals surface area contributed by atoms with Crippen LogP contribution in [0.25, 0.3) is 0 Å². The number of amides is 1. The van der Waals surface area contributed by atoms with E-state index in [1.54, 1.807) is 13.8 Å². The molecule has 1 rings (SSSR count). The average Bonchev–Trinajstić information content (AvgIpc) is 2.46. The van der Waals surface area contributed by atoms with Crippen LogP contribution in [-0.4, -0.2) is 29.4 Å². The molecule has 7 nitrogen and oxygen atoms in total. The van der Waals surface area contributed by atoms with Gasteiger partial charge in [0.15, 0.2) is 0 Å². The van der Waals surface area contributed by atoms with Gasteiger partial charge < -0.3 is 10.1 Å². The highest BCUT2D eigenvalue weighted by Gasteiger charge is 2.35. The number of benzene rings is 1. The van der Waals surface area contributed by atoms with Gasteiger partial charge in [-0.25, -0.2) is 4.79 Å². The minimum atomic E-state index is -1.17. The summed E-state index contributed by atoms with van der Waals surface area (Å²) in [7, 11) is 1.25. The lowest BCUT2D eigenvalue weighted by molar-refractivity contribution is -0.384. The molecule has 0 saturated carbocycles. The molecule has 1 aromatic rings. The molecule has 1 amide bonds. The maximum Gasteiger partial charge on any atom is 0.331 e. The first kappa shape index (κ1) is 17.6. The van der Waals surface area contributed by atoms with E-state index >= 15 is 0 Å². The van der Waals surface area contributed by atoms with Crippen LogP contribution in [0.1, 0.15) is 42.6 Å². The number of nitrogens with zero attached hydrogens (tertiary/aromatic N) is 1. The van der Waals surface area contributed by atoms with Gasteiger partial charge in [0, 0.05) is 17.7 Å². The summed E-state index contributed by atoms with van der Waals surface area (Å²) in [4.78, 5) is 34.6. The Morgan fingerprint density at radius 3 is 2.55 bits per heavy atom. The Hall–Kier alpha value is -2.44. The van der Waals surface area contributed by atoms with Gasteiger partial charge >= 0.3 is 5.97 Å². The average molecular weight is 308 g/mol. The van der Waals surface area contributed by atoms with Crippen molar-refractivity contribution in [2.45, 2.75) is 39.2 Å². The number of nitro groups is 1. The number of carbonyl (C=O) groups excluding carboxylic acids is 2. The molecule has 0 fully saturated rings. The Labute approximate surface area is 128 Å². The third-order valence-electron chi connectivity index (χ3n) is 3.45. The van der Waals surface area contributed by atoms with Gasteiger partial charge in [0.1, 0.15) is 5.54 Å². The highest BCUT2D eigenvalue weighted by atomic mass is 16.6. The summed E-state index contributed by atoms with van der Waals surface area (Å²) in [6.07, 6.45) is 1.07. The summed E-state index contributed by atoms with van der Waals surface area (Å²) in [6, 6.07) is 4.04. The number of non-ortho nitro benzene ring substituents is 1. The molecular formula is C15H20N2O5. The lowest BCUT2D eigenvalue weighted by Crippen LogP contribution is -2.52. The first-order valence-corrected chi connectivity index (χ1v) is 6.91. The summed E-state index contributed by atoms with van der Waals surface area (Å²) in [5, 5.41) is 13.5. The molecule has 0 bridgehead atoms. The van der Waals surface area contributed by atoms with Crippen molar-refractivity contribution in [2.75, 3.05) is 7.11 Å². The Bertz CT molecular complexity index is 600. The zero-order valence-electron chi connectivity index (χ0n) is 13.1. The molecule has 0 spiro atoms. The van der Waals surface area contributed by atoms with Crippen molar-refractivity contribution < 1.29 is 19.2 Å². The van der Waals surface area contributed by atoms with E-state index in [4.69, 9.17) is 4.74 Å². The third kappa shape index (κ3) is 3.81. The second kappa shape index (κ2) is 7.02. The van der Waals surface area contributed by atoms with Crippen LogP contribution in [0.5, 0.6) is 0 Å². The van der Waals surface area contributed by atoms with E-state index < -0.39 is 22.3 Å². The van der Waals surface area contributed by atoms with E-state index in [2.05, 4.69) is 5.32 Å². The second-order valence-corrected chi connectivity index (χ2v) is 5.28. The Balaban J connectivity index is 3.12. The van der Waals surface area contributed by atoms with Crippen LogP contribution in [-0.2, 0) is 9.53 Å². The molecule has 1 unspecified atom stereocenters. The first-order valence-electron chi connectivity index (χ1n) is 6.91. The van der Waals surface area contributed by atoms with Crippen molar-refractivity contribution in [3.8, 4) is 0 Å². The summed E-state index contributed by atoms with van der Waals surface area (Å²) in [6.45, 7) is 5.13. The topological polar surface area (TPSA) is 98.5 Å². The molecule has 1 N–H and O–H groups in total. The van der Waals surface area contributed by atoms with Crippen molar-refractivity contribution in [1.29, 1.82) is 0 Å². The van der Waals surface area contributed by atoms with Crippen molar-refractivity contribution >= 4 is 17.6 Å². The maximum atomic E-state index is 12.4. The monoisotopic (exact) mass is 308 g/mol. The van der Waals surface area contributed by atoms with Gasteiger partial charge in [-0.1, -0.05) is 19.4 Å². The second-order valence-electron chi connectivity index (χ2n) is 5.28. The molecule has 0 heterocycles. The van der Waals surface area contributed by atoms with Crippen LogP contribution in [0.4, 0.5) is 5.69 Å². The first-order chi connectivity index (χ1) is 10.2. The molecule has 0 aliphatic heterocycles. The van der Waals surface area contributed by atoms with Crippen LogP contribution in [0, 0.1) is 17.0 Å². The number of hydrogen-bond acceptors (Lipinski definition) is 5. The number of hydrogen-bond donors (Lipinski definition) is 1. The molecule has 22 heavy (non-hydrogen) atoms. The van der Waals surface area contributed by atoms with Crippen molar-refractivity contribution in [3.63, 3.8) is 0 Å². The number of nitro benzene ring substituents is 1. The molecule has 0 aliphatic carbocycles. The molecule has 1 atom stereocenters. The van der Waals surface area contributed by atoms with E-state index in [1.165, 1.54) is 25.3 Å². The Morgan fingerprint density at radius 1 is 1.41 bits per heavy atom. The van der Waals surface area contributed by atoms with E-state index in [1.807, 2.05) is 6.92 Å². The van der Waals surface area contributed by atoms with Gasteiger partial charge in [-0.05, 0) is 25.8 Å². The molecule has 0 aliphatic rings.